The van der Waals surface area contributed by atoms with E-state index in [4.69, 9.17) is 4.74 Å². The quantitative estimate of drug-likeness (QED) is 0.619. The van der Waals surface area contributed by atoms with E-state index in [1.54, 1.807) is 30.3 Å². The molecular formula is C16H10FNO2. The molecule has 0 amide bonds. The zero-order chi connectivity index (χ0) is 13.9. The molecule has 0 fully saturated rings. The van der Waals surface area contributed by atoms with Crippen molar-refractivity contribution >= 4 is 17.9 Å². The molecule has 0 bridgehead atoms. The molecule has 3 rings (SSSR count). The average Bonchev–Trinajstić information content (AvgIpc) is 2.84. The van der Waals surface area contributed by atoms with Crippen LogP contribution in [0.1, 0.15) is 11.1 Å². The van der Waals surface area contributed by atoms with Crippen LogP contribution >= 0.6 is 0 Å². The number of esters is 1. The van der Waals surface area contributed by atoms with Gasteiger partial charge in [-0.25, -0.2) is 14.2 Å². The fraction of sp³-hybridized carbons (Fsp3) is 0. The monoisotopic (exact) mass is 267 g/mol. The average molecular weight is 267 g/mol. The maximum Gasteiger partial charge on any atom is 0.363 e. The molecule has 2 aromatic carbocycles. The third-order valence-electron chi connectivity index (χ3n) is 2.84. The molecule has 0 unspecified atom stereocenters. The molecule has 0 radical (unpaired) electrons. The lowest BCUT2D eigenvalue weighted by molar-refractivity contribution is -0.129. The van der Waals surface area contributed by atoms with Crippen molar-refractivity contribution in [2.75, 3.05) is 0 Å². The maximum absolute atomic E-state index is 13.5. The summed E-state index contributed by atoms with van der Waals surface area (Å²) in [4.78, 5) is 15.9. The number of benzene rings is 2. The molecule has 20 heavy (non-hydrogen) atoms. The Balaban J connectivity index is 1.97. The number of hydrogen-bond acceptors (Lipinski definition) is 3. The smallest absolute Gasteiger partial charge is 0.363 e. The van der Waals surface area contributed by atoms with Crippen molar-refractivity contribution in [3.05, 3.63) is 77.2 Å². The Morgan fingerprint density at radius 1 is 1.00 bits per heavy atom. The van der Waals surface area contributed by atoms with E-state index < -0.39 is 11.8 Å². The number of carbonyl (C=O) groups excluding carboxylic acids is 1. The molecule has 2 aromatic rings. The lowest BCUT2D eigenvalue weighted by Gasteiger charge is -1.97. The van der Waals surface area contributed by atoms with Crippen molar-refractivity contribution in [2.24, 2.45) is 4.99 Å². The van der Waals surface area contributed by atoms with Crippen molar-refractivity contribution in [1.82, 2.24) is 0 Å². The molecule has 0 saturated heterocycles. The van der Waals surface area contributed by atoms with Gasteiger partial charge in [0.25, 0.3) is 0 Å². The van der Waals surface area contributed by atoms with E-state index in [1.165, 1.54) is 12.1 Å². The van der Waals surface area contributed by atoms with Gasteiger partial charge >= 0.3 is 5.97 Å². The van der Waals surface area contributed by atoms with E-state index in [2.05, 4.69) is 4.99 Å². The van der Waals surface area contributed by atoms with E-state index in [1.807, 2.05) is 18.2 Å². The van der Waals surface area contributed by atoms with E-state index >= 15 is 0 Å². The number of cyclic esters (lactones) is 1. The second-order valence-corrected chi connectivity index (χ2v) is 4.22. The lowest BCUT2D eigenvalue weighted by atomic mass is 10.2. The van der Waals surface area contributed by atoms with Crippen LogP contribution in [0.15, 0.2) is 65.3 Å². The molecule has 0 atom stereocenters. The topological polar surface area (TPSA) is 38.7 Å². The number of aliphatic imine (C=N–C) groups is 1. The van der Waals surface area contributed by atoms with Crippen LogP contribution in [0.3, 0.4) is 0 Å². The Kier molecular flexibility index (Phi) is 3.13. The van der Waals surface area contributed by atoms with Crippen LogP contribution in [0.4, 0.5) is 4.39 Å². The first-order valence-corrected chi connectivity index (χ1v) is 6.06. The summed E-state index contributed by atoms with van der Waals surface area (Å²) in [6.45, 7) is 0. The van der Waals surface area contributed by atoms with Gasteiger partial charge in [0.2, 0.25) is 5.90 Å². The zero-order valence-corrected chi connectivity index (χ0v) is 10.4. The summed E-state index contributed by atoms with van der Waals surface area (Å²) in [7, 11) is 0. The summed E-state index contributed by atoms with van der Waals surface area (Å²) in [5.41, 5.74) is 1.10. The predicted molar refractivity (Wildman–Crippen MR) is 73.4 cm³/mol. The molecule has 0 spiro atoms. The van der Waals surface area contributed by atoms with Crippen molar-refractivity contribution in [3.8, 4) is 0 Å². The molecule has 0 saturated carbocycles. The summed E-state index contributed by atoms with van der Waals surface area (Å²) in [5.74, 6) is -0.749. The van der Waals surface area contributed by atoms with Gasteiger partial charge in [0.1, 0.15) is 5.82 Å². The van der Waals surface area contributed by atoms with Gasteiger partial charge in [-0.05, 0) is 24.3 Å². The first kappa shape index (κ1) is 12.3. The number of rotatable bonds is 2. The van der Waals surface area contributed by atoms with Crippen molar-refractivity contribution in [1.29, 1.82) is 0 Å². The van der Waals surface area contributed by atoms with Gasteiger partial charge < -0.3 is 4.74 Å². The van der Waals surface area contributed by atoms with E-state index in [0.717, 1.165) is 0 Å². The summed E-state index contributed by atoms with van der Waals surface area (Å²) >= 11 is 0. The zero-order valence-electron chi connectivity index (χ0n) is 10.4. The van der Waals surface area contributed by atoms with Gasteiger partial charge in [-0.3, -0.25) is 0 Å². The van der Waals surface area contributed by atoms with Crippen molar-refractivity contribution < 1.29 is 13.9 Å². The third-order valence-corrected chi connectivity index (χ3v) is 2.84. The van der Waals surface area contributed by atoms with Crippen LogP contribution in [0.5, 0.6) is 0 Å². The highest BCUT2D eigenvalue weighted by atomic mass is 19.1. The van der Waals surface area contributed by atoms with Gasteiger partial charge in [-0.2, -0.15) is 0 Å². The van der Waals surface area contributed by atoms with Gasteiger partial charge in [0.15, 0.2) is 5.70 Å². The van der Waals surface area contributed by atoms with Crippen LogP contribution < -0.4 is 0 Å². The number of nitrogens with zero attached hydrogens (tertiary/aromatic N) is 1. The minimum Gasteiger partial charge on any atom is -0.402 e. The number of carbonyl (C=O) groups is 1. The molecule has 0 aromatic heterocycles. The highest BCUT2D eigenvalue weighted by Crippen LogP contribution is 2.20. The Morgan fingerprint density at radius 2 is 1.70 bits per heavy atom. The summed E-state index contributed by atoms with van der Waals surface area (Å²) < 4.78 is 18.6. The summed E-state index contributed by atoms with van der Waals surface area (Å²) in [5, 5.41) is 0. The Bertz CT molecular complexity index is 720. The highest BCUT2D eigenvalue weighted by molar-refractivity contribution is 6.12. The SMILES string of the molecule is O=C1OC(c2ccccc2)=N/C1=C/c1ccccc1F. The number of halogens is 1. The predicted octanol–water partition coefficient (Wildman–Crippen LogP) is 3.17. The van der Waals surface area contributed by atoms with Crippen LogP contribution in [0.2, 0.25) is 0 Å². The minimum absolute atomic E-state index is 0.0916. The lowest BCUT2D eigenvalue weighted by Crippen LogP contribution is -2.04. The Morgan fingerprint density at radius 3 is 2.45 bits per heavy atom. The first-order chi connectivity index (χ1) is 9.74. The molecule has 1 aliphatic rings. The van der Waals surface area contributed by atoms with Crippen LogP contribution in [0.25, 0.3) is 6.08 Å². The van der Waals surface area contributed by atoms with E-state index in [-0.39, 0.29) is 11.6 Å². The molecule has 1 aliphatic heterocycles. The van der Waals surface area contributed by atoms with Gasteiger partial charge in [-0.1, -0.05) is 36.4 Å². The molecular weight excluding hydrogens is 257 g/mol. The first-order valence-electron chi connectivity index (χ1n) is 6.06. The minimum atomic E-state index is -0.577. The highest BCUT2D eigenvalue weighted by Gasteiger charge is 2.24. The third kappa shape index (κ3) is 2.36. The van der Waals surface area contributed by atoms with Crippen molar-refractivity contribution in [3.63, 3.8) is 0 Å². The Labute approximate surface area is 115 Å². The molecule has 1 heterocycles. The molecule has 4 heteroatoms. The number of hydrogen-bond donors (Lipinski definition) is 0. The molecule has 0 N–H and O–H groups in total. The Hall–Kier alpha value is -2.75. The summed E-state index contributed by atoms with van der Waals surface area (Å²) in [6.07, 6.45) is 1.38. The normalized spacial score (nSPS) is 16.1. The second-order valence-electron chi connectivity index (χ2n) is 4.22. The largest absolute Gasteiger partial charge is 0.402 e. The van der Waals surface area contributed by atoms with E-state index in [0.29, 0.717) is 11.1 Å². The van der Waals surface area contributed by atoms with Crippen LogP contribution in [-0.4, -0.2) is 11.9 Å². The van der Waals surface area contributed by atoms with Gasteiger partial charge in [0.05, 0.1) is 0 Å². The fourth-order valence-corrected chi connectivity index (χ4v) is 1.85. The standard InChI is InChI=1S/C16H10FNO2/c17-13-9-5-4-8-12(13)10-14-16(19)20-15(18-14)11-6-2-1-3-7-11/h1-10H/b14-10+. The fourth-order valence-electron chi connectivity index (χ4n) is 1.85. The second kappa shape index (κ2) is 5.09. The molecule has 3 nitrogen and oxygen atoms in total. The van der Waals surface area contributed by atoms with Crippen LogP contribution in [0, 0.1) is 5.82 Å². The van der Waals surface area contributed by atoms with Crippen molar-refractivity contribution in [2.45, 2.75) is 0 Å². The summed E-state index contributed by atoms with van der Waals surface area (Å²) in [6, 6.07) is 15.3. The van der Waals surface area contributed by atoms with E-state index in [9.17, 15) is 9.18 Å². The van der Waals surface area contributed by atoms with Gasteiger partial charge in [0, 0.05) is 11.1 Å². The van der Waals surface area contributed by atoms with Crippen LogP contribution in [-0.2, 0) is 9.53 Å². The maximum atomic E-state index is 13.5. The van der Waals surface area contributed by atoms with Gasteiger partial charge in [-0.15, -0.1) is 0 Å². The molecule has 98 valence electrons. The molecule has 0 aliphatic carbocycles. The number of ether oxygens (including phenoxy) is 1.